The molecule has 2 rings (SSSR count). The second-order valence-corrected chi connectivity index (χ2v) is 4.17. The van der Waals surface area contributed by atoms with Crippen LogP contribution in [0, 0.1) is 0 Å². The highest BCUT2D eigenvalue weighted by atomic mass is 35.5. The fraction of sp³-hybridized carbons (Fsp3) is 0.222. The van der Waals surface area contributed by atoms with E-state index in [0.717, 1.165) is 13.1 Å². The summed E-state index contributed by atoms with van der Waals surface area (Å²) in [6.45, 7) is 1.62. The second kappa shape index (κ2) is 4.02. The zero-order chi connectivity index (χ0) is 9.97. The van der Waals surface area contributed by atoms with Crippen LogP contribution in [-0.2, 0) is 0 Å². The zero-order valence-electron chi connectivity index (χ0n) is 7.34. The van der Waals surface area contributed by atoms with Gasteiger partial charge >= 0.3 is 0 Å². The molecule has 0 unspecified atom stereocenters. The lowest BCUT2D eigenvalue weighted by Crippen LogP contribution is -2.15. The van der Waals surface area contributed by atoms with E-state index in [9.17, 15) is 4.79 Å². The zero-order valence-corrected chi connectivity index (χ0v) is 8.91. The maximum Gasteiger partial charge on any atom is 0.217 e. The largest absolute Gasteiger partial charge is 0.369 e. The van der Waals surface area contributed by atoms with Crippen molar-refractivity contribution in [3.05, 3.63) is 33.2 Å². The van der Waals surface area contributed by atoms with Crippen molar-refractivity contribution in [3.8, 4) is 0 Å². The minimum Gasteiger partial charge on any atom is -0.369 e. The highest BCUT2D eigenvalue weighted by Gasteiger charge is 2.18. The third-order valence-corrected chi connectivity index (χ3v) is 3.12. The van der Waals surface area contributed by atoms with E-state index in [0.29, 0.717) is 10.7 Å². The van der Waals surface area contributed by atoms with E-state index < -0.39 is 0 Å². The molecule has 0 atom stereocenters. The van der Waals surface area contributed by atoms with Gasteiger partial charge in [-0.15, -0.1) is 11.3 Å². The molecule has 1 aromatic rings. The molecule has 0 aliphatic carbocycles. The molecule has 1 aliphatic rings. The van der Waals surface area contributed by atoms with Gasteiger partial charge < -0.3 is 10.6 Å². The van der Waals surface area contributed by atoms with Crippen LogP contribution in [0.2, 0.25) is 0 Å². The van der Waals surface area contributed by atoms with Crippen molar-refractivity contribution in [3.63, 3.8) is 0 Å². The number of halogens is 1. The Bertz CT molecular complexity index is 364. The van der Waals surface area contributed by atoms with Crippen LogP contribution in [0.4, 0.5) is 0 Å². The topological polar surface area (TPSA) is 41.1 Å². The van der Waals surface area contributed by atoms with Crippen molar-refractivity contribution in [2.24, 2.45) is 0 Å². The number of Topliss-reactive ketones (excluding diaryl/α,β-unsaturated/α-hetero) is 1. The van der Waals surface area contributed by atoms with Crippen LogP contribution in [0.15, 0.2) is 28.4 Å². The van der Waals surface area contributed by atoms with Crippen LogP contribution < -0.4 is 10.6 Å². The lowest BCUT2D eigenvalue weighted by atomic mass is 10.3. The van der Waals surface area contributed by atoms with E-state index in [-0.39, 0.29) is 10.8 Å². The van der Waals surface area contributed by atoms with Crippen molar-refractivity contribution >= 4 is 28.7 Å². The van der Waals surface area contributed by atoms with Gasteiger partial charge in [0.1, 0.15) is 10.9 Å². The summed E-state index contributed by atoms with van der Waals surface area (Å²) in [5, 5.41) is 8.14. The summed E-state index contributed by atoms with van der Waals surface area (Å²) in [6.07, 6.45) is 0. The average Bonchev–Trinajstić information content (AvgIpc) is 2.87. The molecule has 1 aliphatic heterocycles. The normalized spacial score (nSPS) is 14.8. The van der Waals surface area contributed by atoms with Gasteiger partial charge in [0.05, 0.1) is 4.88 Å². The Hall–Kier alpha value is -1.000. The number of hydrogen-bond donors (Lipinski definition) is 2. The fourth-order valence-electron chi connectivity index (χ4n) is 1.22. The Morgan fingerprint density at radius 2 is 2.14 bits per heavy atom. The molecular formula is C9H9ClN2OS. The summed E-state index contributed by atoms with van der Waals surface area (Å²) >= 11 is 7.34. The standard InChI is InChI=1S/C9H9ClN2OS/c10-7(9-11-3-4-12-9)8(13)6-2-1-5-14-6/h1-2,5,11-12H,3-4H2. The van der Waals surface area contributed by atoms with Crippen LogP contribution in [0.25, 0.3) is 0 Å². The smallest absolute Gasteiger partial charge is 0.217 e. The van der Waals surface area contributed by atoms with Crippen LogP contribution in [0.5, 0.6) is 0 Å². The van der Waals surface area contributed by atoms with E-state index in [4.69, 9.17) is 11.6 Å². The van der Waals surface area contributed by atoms with Gasteiger partial charge in [-0.25, -0.2) is 0 Å². The summed E-state index contributed by atoms with van der Waals surface area (Å²) in [5.41, 5.74) is 0. The Balaban J connectivity index is 2.23. The van der Waals surface area contributed by atoms with E-state index in [2.05, 4.69) is 10.6 Å². The molecule has 0 amide bonds. The maximum absolute atomic E-state index is 11.7. The first kappa shape index (κ1) is 9.55. The Morgan fingerprint density at radius 1 is 1.43 bits per heavy atom. The summed E-state index contributed by atoms with van der Waals surface area (Å²) in [7, 11) is 0. The number of allylic oxidation sites excluding steroid dienone is 1. The van der Waals surface area contributed by atoms with Gasteiger partial charge in [0.15, 0.2) is 0 Å². The molecule has 0 saturated carbocycles. The van der Waals surface area contributed by atoms with Crippen LogP contribution in [-0.4, -0.2) is 18.9 Å². The monoisotopic (exact) mass is 228 g/mol. The van der Waals surface area contributed by atoms with Gasteiger partial charge in [-0.05, 0) is 11.4 Å². The Morgan fingerprint density at radius 3 is 2.71 bits per heavy atom. The first-order chi connectivity index (χ1) is 6.79. The Labute approximate surface area is 90.8 Å². The molecule has 0 radical (unpaired) electrons. The summed E-state index contributed by atoms with van der Waals surface area (Å²) < 4.78 is 0. The summed E-state index contributed by atoms with van der Waals surface area (Å²) in [5.74, 6) is 0.517. The minimum absolute atomic E-state index is 0.126. The van der Waals surface area contributed by atoms with Gasteiger partial charge in [0, 0.05) is 13.1 Å². The van der Waals surface area contributed by atoms with Crippen molar-refractivity contribution in [2.75, 3.05) is 13.1 Å². The average molecular weight is 229 g/mol. The predicted octanol–water partition coefficient (Wildman–Crippen LogP) is 1.53. The third-order valence-electron chi connectivity index (χ3n) is 1.89. The molecule has 5 heteroatoms. The van der Waals surface area contributed by atoms with Gasteiger partial charge in [-0.3, -0.25) is 4.79 Å². The number of carbonyl (C=O) groups is 1. The first-order valence-electron chi connectivity index (χ1n) is 4.25. The highest BCUT2D eigenvalue weighted by Crippen LogP contribution is 2.18. The maximum atomic E-state index is 11.7. The van der Waals surface area contributed by atoms with Crippen LogP contribution in [0.3, 0.4) is 0 Å². The summed E-state index contributed by atoms with van der Waals surface area (Å²) in [6, 6.07) is 3.60. The number of carbonyl (C=O) groups excluding carboxylic acids is 1. The highest BCUT2D eigenvalue weighted by molar-refractivity contribution is 7.12. The van der Waals surface area contributed by atoms with Gasteiger partial charge in [0.25, 0.3) is 0 Å². The molecule has 2 N–H and O–H groups in total. The molecule has 3 nitrogen and oxygen atoms in total. The number of nitrogens with one attached hydrogen (secondary N) is 2. The number of hydrogen-bond acceptors (Lipinski definition) is 4. The fourth-order valence-corrected chi connectivity index (χ4v) is 2.18. The number of rotatable bonds is 2. The van der Waals surface area contributed by atoms with Crippen molar-refractivity contribution in [1.82, 2.24) is 10.6 Å². The minimum atomic E-state index is -0.126. The van der Waals surface area contributed by atoms with Gasteiger partial charge in [-0.2, -0.15) is 0 Å². The molecular weight excluding hydrogens is 220 g/mol. The molecule has 0 spiro atoms. The lowest BCUT2D eigenvalue weighted by Gasteiger charge is -2.02. The molecule has 0 aromatic carbocycles. The van der Waals surface area contributed by atoms with E-state index in [1.54, 1.807) is 6.07 Å². The Kier molecular flexibility index (Phi) is 2.74. The molecule has 74 valence electrons. The molecule has 0 bridgehead atoms. The van der Waals surface area contributed by atoms with Crippen LogP contribution in [0.1, 0.15) is 9.67 Å². The van der Waals surface area contributed by atoms with Crippen molar-refractivity contribution < 1.29 is 4.79 Å². The third kappa shape index (κ3) is 1.76. The van der Waals surface area contributed by atoms with Gasteiger partial charge in [-0.1, -0.05) is 17.7 Å². The molecule has 1 fully saturated rings. The van der Waals surface area contributed by atoms with Crippen LogP contribution >= 0.6 is 22.9 Å². The molecule has 1 aromatic heterocycles. The predicted molar refractivity (Wildman–Crippen MR) is 57.5 cm³/mol. The number of thiophene rings is 1. The van der Waals surface area contributed by atoms with Gasteiger partial charge in [0.2, 0.25) is 5.78 Å². The number of ketones is 1. The molecule has 14 heavy (non-hydrogen) atoms. The van der Waals surface area contributed by atoms with Crippen molar-refractivity contribution in [1.29, 1.82) is 0 Å². The summed E-state index contributed by atoms with van der Waals surface area (Å²) in [4.78, 5) is 12.4. The quantitative estimate of drug-likeness (QED) is 0.596. The van der Waals surface area contributed by atoms with E-state index in [1.165, 1.54) is 11.3 Å². The lowest BCUT2D eigenvalue weighted by molar-refractivity contribution is 0.104. The van der Waals surface area contributed by atoms with Crippen molar-refractivity contribution in [2.45, 2.75) is 0 Å². The van der Waals surface area contributed by atoms with E-state index in [1.807, 2.05) is 11.4 Å². The second-order valence-electron chi connectivity index (χ2n) is 2.85. The first-order valence-corrected chi connectivity index (χ1v) is 5.50. The molecule has 2 heterocycles. The molecule has 1 saturated heterocycles. The van der Waals surface area contributed by atoms with E-state index >= 15 is 0 Å². The SMILES string of the molecule is O=C(C(Cl)=C1NCCN1)c1cccs1.